The summed E-state index contributed by atoms with van der Waals surface area (Å²) >= 11 is 0. The van der Waals surface area contributed by atoms with Gasteiger partial charge in [0.25, 0.3) is 0 Å². The number of aromatic nitrogens is 2. The molecule has 2 rings (SSSR count). The number of hydrogen-bond donors (Lipinski definition) is 2. The van der Waals surface area contributed by atoms with E-state index in [1.54, 1.807) is 26.0 Å². The molecule has 1 aromatic heterocycles. The van der Waals surface area contributed by atoms with Crippen molar-refractivity contribution < 1.29 is 17.4 Å². The Kier molecular flexibility index (Phi) is 4.86. The summed E-state index contributed by atoms with van der Waals surface area (Å²) in [7, 11) is -4.22. The van der Waals surface area contributed by atoms with Crippen molar-refractivity contribution in [3.8, 4) is 0 Å². The van der Waals surface area contributed by atoms with Gasteiger partial charge in [0.1, 0.15) is 10.9 Å². The standard InChI is InChI=1S/C15H19N3O4S/c1-9-4-10(2)14(11(3)5-9)23(20,21)22-15(19)13(16)6-12-7-17-8-18-12/h4-5,7-8,13H,6,16H2,1-3H3,(H,17,18)/t13-/m0/s1. The smallest absolute Gasteiger partial charge is 0.342 e. The highest BCUT2D eigenvalue weighted by atomic mass is 32.2. The summed E-state index contributed by atoms with van der Waals surface area (Å²) in [5.41, 5.74) is 8.31. The summed E-state index contributed by atoms with van der Waals surface area (Å²) in [4.78, 5) is 18.6. The lowest BCUT2D eigenvalue weighted by Crippen LogP contribution is -2.36. The Morgan fingerprint density at radius 2 is 1.91 bits per heavy atom. The number of aromatic amines is 1. The molecule has 124 valence electrons. The average Bonchev–Trinajstić information content (AvgIpc) is 2.88. The van der Waals surface area contributed by atoms with E-state index in [2.05, 4.69) is 9.97 Å². The number of imidazole rings is 1. The first-order valence-electron chi connectivity index (χ1n) is 6.99. The zero-order valence-corrected chi connectivity index (χ0v) is 14.0. The highest BCUT2D eigenvalue weighted by Crippen LogP contribution is 2.24. The highest BCUT2D eigenvalue weighted by molar-refractivity contribution is 7.87. The zero-order chi connectivity index (χ0) is 17.2. The molecule has 0 aliphatic rings. The normalized spacial score (nSPS) is 12.9. The number of rotatable bonds is 5. The predicted octanol–water partition coefficient (Wildman–Crippen LogP) is 1.14. The van der Waals surface area contributed by atoms with Crippen LogP contribution in [0.1, 0.15) is 22.4 Å². The summed E-state index contributed by atoms with van der Waals surface area (Å²) in [6, 6.07) is 2.34. The monoisotopic (exact) mass is 337 g/mol. The van der Waals surface area contributed by atoms with Crippen LogP contribution < -0.4 is 5.73 Å². The maximum Gasteiger partial charge on any atom is 0.342 e. The minimum atomic E-state index is -4.22. The molecule has 0 saturated carbocycles. The Labute approximate surface area is 135 Å². The van der Waals surface area contributed by atoms with E-state index in [-0.39, 0.29) is 11.3 Å². The minimum absolute atomic E-state index is 0.00481. The maximum atomic E-state index is 12.4. The van der Waals surface area contributed by atoms with Crippen LogP contribution in [0.4, 0.5) is 0 Å². The van der Waals surface area contributed by atoms with Crippen LogP contribution in [-0.2, 0) is 25.5 Å². The molecular formula is C15H19N3O4S. The second-order valence-corrected chi connectivity index (χ2v) is 6.95. The first kappa shape index (κ1) is 17.2. The third-order valence-corrected chi connectivity index (χ3v) is 4.87. The molecule has 3 N–H and O–H groups in total. The molecule has 0 radical (unpaired) electrons. The van der Waals surface area contributed by atoms with Gasteiger partial charge in [-0.2, -0.15) is 8.42 Å². The predicted molar refractivity (Wildman–Crippen MR) is 84.2 cm³/mol. The molecule has 23 heavy (non-hydrogen) atoms. The Balaban J connectivity index is 2.19. The van der Waals surface area contributed by atoms with Gasteiger partial charge >= 0.3 is 16.1 Å². The van der Waals surface area contributed by atoms with Crippen LogP contribution in [0, 0.1) is 20.8 Å². The molecule has 0 fully saturated rings. The molecule has 0 aliphatic heterocycles. The van der Waals surface area contributed by atoms with Crippen molar-refractivity contribution in [2.75, 3.05) is 0 Å². The topological polar surface area (TPSA) is 115 Å². The van der Waals surface area contributed by atoms with Crippen LogP contribution in [0.15, 0.2) is 29.6 Å². The Hall–Kier alpha value is -2.19. The van der Waals surface area contributed by atoms with Gasteiger partial charge in [0.05, 0.1) is 6.33 Å². The van der Waals surface area contributed by atoms with Crippen LogP contribution in [0.25, 0.3) is 0 Å². The number of aryl methyl sites for hydroxylation is 3. The third-order valence-electron chi connectivity index (χ3n) is 3.34. The fourth-order valence-corrected chi connectivity index (χ4v) is 3.82. The third kappa shape index (κ3) is 3.96. The summed E-state index contributed by atoms with van der Waals surface area (Å²) in [6.07, 6.45) is 3.07. The number of nitrogens with two attached hydrogens (primary N) is 1. The van der Waals surface area contributed by atoms with Crippen LogP contribution in [0.2, 0.25) is 0 Å². The van der Waals surface area contributed by atoms with E-state index in [4.69, 9.17) is 9.92 Å². The number of nitrogens with zero attached hydrogens (tertiary/aromatic N) is 1. The summed E-state index contributed by atoms with van der Waals surface area (Å²) in [5, 5.41) is 0. The van der Waals surface area contributed by atoms with Gasteiger partial charge in [-0.3, -0.25) is 0 Å². The highest BCUT2D eigenvalue weighted by Gasteiger charge is 2.28. The number of H-pyrrole nitrogens is 1. The molecule has 0 unspecified atom stereocenters. The van der Waals surface area contributed by atoms with Gasteiger partial charge in [0.15, 0.2) is 0 Å². The molecular weight excluding hydrogens is 318 g/mol. The van der Waals surface area contributed by atoms with E-state index in [1.807, 2.05) is 6.92 Å². The first-order valence-corrected chi connectivity index (χ1v) is 8.40. The molecule has 0 aliphatic carbocycles. The van der Waals surface area contributed by atoms with Crippen molar-refractivity contribution in [2.24, 2.45) is 5.73 Å². The van der Waals surface area contributed by atoms with Gasteiger partial charge in [-0.15, -0.1) is 0 Å². The lowest BCUT2D eigenvalue weighted by atomic mass is 10.1. The number of hydrogen-bond acceptors (Lipinski definition) is 6. The zero-order valence-electron chi connectivity index (χ0n) is 13.2. The van der Waals surface area contributed by atoms with E-state index < -0.39 is 22.1 Å². The second-order valence-electron chi connectivity index (χ2n) is 5.47. The molecule has 1 aromatic carbocycles. The summed E-state index contributed by atoms with van der Waals surface area (Å²) < 4.78 is 29.5. The molecule has 1 heterocycles. The molecule has 2 aromatic rings. The first-order chi connectivity index (χ1) is 10.7. The number of carbonyl (C=O) groups excluding carboxylic acids is 1. The Morgan fingerprint density at radius 3 is 2.43 bits per heavy atom. The Bertz CT molecular complexity index is 790. The van der Waals surface area contributed by atoms with Gasteiger partial charge in [-0.05, 0) is 31.9 Å². The fourth-order valence-electron chi connectivity index (χ4n) is 2.49. The van der Waals surface area contributed by atoms with E-state index in [1.165, 1.54) is 12.5 Å². The van der Waals surface area contributed by atoms with Crippen LogP contribution in [-0.4, -0.2) is 30.4 Å². The van der Waals surface area contributed by atoms with Gasteiger partial charge in [0, 0.05) is 18.3 Å². The largest absolute Gasteiger partial charge is 0.348 e. The van der Waals surface area contributed by atoms with Crippen molar-refractivity contribution in [3.63, 3.8) is 0 Å². The van der Waals surface area contributed by atoms with Gasteiger partial charge in [-0.25, -0.2) is 9.78 Å². The number of benzene rings is 1. The molecule has 8 heteroatoms. The molecule has 0 saturated heterocycles. The van der Waals surface area contributed by atoms with Crippen LogP contribution in [0.3, 0.4) is 0 Å². The quantitative estimate of drug-likeness (QED) is 0.791. The molecule has 0 bridgehead atoms. The van der Waals surface area contributed by atoms with Crippen molar-refractivity contribution in [1.82, 2.24) is 9.97 Å². The molecule has 0 spiro atoms. The molecule has 1 atom stereocenters. The maximum absolute atomic E-state index is 12.4. The van der Waals surface area contributed by atoms with Crippen molar-refractivity contribution in [2.45, 2.75) is 38.1 Å². The summed E-state index contributed by atoms with van der Waals surface area (Å²) in [6.45, 7) is 5.18. The SMILES string of the molecule is Cc1cc(C)c(S(=O)(=O)OC(=O)[C@@H](N)Cc2cnc[nH]2)c(C)c1. The molecule has 0 amide bonds. The lowest BCUT2D eigenvalue weighted by Gasteiger charge is -2.14. The number of nitrogens with one attached hydrogen (secondary N) is 1. The van der Waals surface area contributed by atoms with E-state index in [0.29, 0.717) is 16.8 Å². The summed E-state index contributed by atoms with van der Waals surface area (Å²) in [5.74, 6) is -1.00. The second kappa shape index (κ2) is 6.51. The van der Waals surface area contributed by atoms with E-state index in [9.17, 15) is 13.2 Å². The van der Waals surface area contributed by atoms with Gasteiger partial charge in [0.2, 0.25) is 0 Å². The van der Waals surface area contributed by atoms with Crippen molar-refractivity contribution in [3.05, 3.63) is 47.0 Å². The van der Waals surface area contributed by atoms with Crippen molar-refractivity contribution in [1.29, 1.82) is 0 Å². The lowest BCUT2D eigenvalue weighted by molar-refractivity contribution is -0.135. The van der Waals surface area contributed by atoms with Crippen LogP contribution in [0.5, 0.6) is 0 Å². The van der Waals surface area contributed by atoms with Gasteiger partial charge < -0.3 is 14.9 Å². The van der Waals surface area contributed by atoms with E-state index in [0.717, 1.165) is 5.56 Å². The van der Waals surface area contributed by atoms with Gasteiger partial charge in [-0.1, -0.05) is 17.7 Å². The Morgan fingerprint density at radius 1 is 1.30 bits per heavy atom. The average molecular weight is 337 g/mol. The number of carbonyl (C=O) groups is 1. The van der Waals surface area contributed by atoms with E-state index >= 15 is 0 Å². The molecule has 7 nitrogen and oxygen atoms in total. The fraction of sp³-hybridized carbons (Fsp3) is 0.333. The van der Waals surface area contributed by atoms with Crippen LogP contribution >= 0.6 is 0 Å². The van der Waals surface area contributed by atoms with Crippen molar-refractivity contribution >= 4 is 16.1 Å². The minimum Gasteiger partial charge on any atom is -0.348 e.